The molecule has 0 saturated carbocycles. The summed E-state index contributed by atoms with van der Waals surface area (Å²) in [6.45, 7) is 1.57. The highest BCUT2D eigenvalue weighted by Gasteiger charge is 2.32. The number of halogens is 1. The standard InChI is InChI=1S/C18H17BrN2O4/c1-12(22)21-17(11-24-16-6-4-3-5-15(16)23-2)25-18(20-21)13-7-9-14(19)10-8-13/h3-10,17H,11H2,1-2H3/t17-/m0/s1. The van der Waals surface area contributed by atoms with Crippen molar-refractivity contribution in [3.8, 4) is 11.5 Å². The lowest BCUT2D eigenvalue weighted by atomic mass is 10.2. The number of carbonyl (C=O) groups is 1. The zero-order valence-corrected chi connectivity index (χ0v) is 15.4. The molecule has 1 heterocycles. The number of para-hydroxylation sites is 2. The molecule has 6 nitrogen and oxygen atoms in total. The fourth-order valence-electron chi connectivity index (χ4n) is 2.36. The summed E-state index contributed by atoms with van der Waals surface area (Å²) in [7, 11) is 1.57. The van der Waals surface area contributed by atoms with Gasteiger partial charge in [-0.1, -0.05) is 28.1 Å². The van der Waals surface area contributed by atoms with Crippen molar-refractivity contribution in [3.05, 3.63) is 58.6 Å². The highest BCUT2D eigenvalue weighted by molar-refractivity contribution is 9.10. The minimum absolute atomic E-state index is 0.128. The van der Waals surface area contributed by atoms with Crippen molar-refractivity contribution in [1.82, 2.24) is 5.01 Å². The highest BCUT2D eigenvalue weighted by atomic mass is 79.9. The Bertz CT molecular complexity index is 792. The number of benzene rings is 2. The predicted molar refractivity (Wildman–Crippen MR) is 96.6 cm³/mol. The molecule has 0 radical (unpaired) electrons. The van der Waals surface area contributed by atoms with Crippen LogP contribution in [0.4, 0.5) is 0 Å². The largest absolute Gasteiger partial charge is 0.493 e. The molecule has 0 fully saturated rings. The van der Waals surface area contributed by atoms with E-state index in [1.165, 1.54) is 11.9 Å². The molecule has 1 aliphatic heterocycles. The molecule has 0 N–H and O–H groups in total. The maximum absolute atomic E-state index is 11.9. The molecule has 0 aromatic heterocycles. The summed E-state index contributed by atoms with van der Waals surface area (Å²) in [5.41, 5.74) is 0.786. The van der Waals surface area contributed by atoms with Gasteiger partial charge in [0, 0.05) is 17.0 Å². The molecule has 0 spiro atoms. The Morgan fingerprint density at radius 3 is 2.52 bits per heavy atom. The van der Waals surface area contributed by atoms with E-state index in [1.807, 2.05) is 36.4 Å². The number of hydrazone groups is 1. The molecule has 1 amide bonds. The second kappa shape index (κ2) is 7.57. The maximum atomic E-state index is 11.9. The topological polar surface area (TPSA) is 60.4 Å². The van der Waals surface area contributed by atoms with Crippen molar-refractivity contribution in [2.45, 2.75) is 13.2 Å². The number of hydrogen-bond donors (Lipinski definition) is 0. The number of carbonyl (C=O) groups excluding carboxylic acids is 1. The van der Waals surface area contributed by atoms with Crippen LogP contribution in [0.3, 0.4) is 0 Å². The van der Waals surface area contributed by atoms with Gasteiger partial charge in [0.15, 0.2) is 11.5 Å². The molecule has 1 aliphatic rings. The van der Waals surface area contributed by atoms with Gasteiger partial charge in [0.25, 0.3) is 0 Å². The van der Waals surface area contributed by atoms with Gasteiger partial charge < -0.3 is 14.2 Å². The number of amides is 1. The van der Waals surface area contributed by atoms with Crippen LogP contribution >= 0.6 is 15.9 Å². The Balaban J connectivity index is 1.73. The van der Waals surface area contributed by atoms with E-state index in [4.69, 9.17) is 14.2 Å². The van der Waals surface area contributed by atoms with Gasteiger partial charge in [-0.3, -0.25) is 4.79 Å². The number of nitrogens with zero attached hydrogens (tertiary/aromatic N) is 2. The van der Waals surface area contributed by atoms with Crippen LogP contribution in [0.1, 0.15) is 12.5 Å². The molecule has 1 atom stereocenters. The molecule has 0 bridgehead atoms. The van der Waals surface area contributed by atoms with Gasteiger partial charge in [-0.25, -0.2) is 0 Å². The summed E-state index contributed by atoms with van der Waals surface area (Å²) in [6, 6.07) is 14.8. The van der Waals surface area contributed by atoms with Gasteiger partial charge in [-0.2, -0.15) is 5.01 Å². The molecule has 2 aromatic carbocycles. The Kier molecular flexibility index (Phi) is 5.23. The lowest BCUT2D eigenvalue weighted by molar-refractivity contribution is -0.136. The minimum atomic E-state index is -0.638. The third-order valence-corrected chi connectivity index (χ3v) is 4.11. The monoisotopic (exact) mass is 404 g/mol. The molecule has 25 heavy (non-hydrogen) atoms. The zero-order valence-electron chi connectivity index (χ0n) is 13.8. The van der Waals surface area contributed by atoms with E-state index in [1.54, 1.807) is 19.2 Å². The van der Waals surface area contributed by atoms with Crippen LogP contribution in [-0.2, 0) is 9.53 Å². The zero-order chi connectivity index (χ0) is 17.8. The van der Waals surface area contributed by atoms with Crippen molar-refractivity contribution in [3.63, 3.8) is 0 Å². The van der Waals surface area contributed by atoms with Gasteiger partial charge in [0.2, 0.25) is 18.0 Å². The van der Waals surface area contributed by atoms with E-state index in [2.05, 4.69) is 21.0 Å². The first-order chi connectivity index (χ1) is 12.1. The van der Waals surface area contributed by atoms with Gasteiger partial charge >= 0.3 is 0 Å². The van der Waals surface area contributed by atoms with Crippen LogP contribution in [0, 0.1) is 0 Å². The molecule has 0 aliphatic carbocycles. The molecule has 130 valence electrons. The van der Waals surface area contributed by atoms with E-state index < -0.39 is 6.23 Å². The van der Waals surface area contributed by atoms with E-state index in [0.29, 0.717) is 17.4 Å². The van der Waals surface area contributed by atoms with Crippen LogP contribution in [0.25, 0.3) is 0 Å². The van der Waals surface area contributed by atoms with E-state index in [-0.39, 0.29) is 12.5 Å². The molecule has 0 saturated heterocycles. The van der Waals surface area contributed by atoms with Crippen LogP contribution in [0.5, 0.6) is 11.5 Å². The van der Waals surface area contributed by atoms with Crippen LogP contribution < -0.4 is 9.47 Å². The van der Waals surface area contributed by atoms with Crippen molar-refractivity contribution in [2.75, 3.05) is 13.7 Å². The van der Waals surface area contributed by atoms with Crippen molar-refractivity contribution in [1.29, 1.82) is 0 Å². The average Bonchev–Trinajstić information content (AvgIpc) is 3.05. The molecule has 3 rings (SSSR count). The Morgan fingerprint density at radius 1 is 1.20 bits per heavy atom. The van der Waals surface area contributed by atoms with E-state index >= 15 is 0 Å². The van der Waals surface area contributed by atoms with Crippen LogP contribution in [-0.4, -0.2) is 36.8 Å². The highest BCUT2D eigenvalue weighted by Crippen LogP contribution is 2.27. The van der Waals surface area contributed by atoms with Crippen molar-refractivity contribution < 1.29 is 19.0 Å². The average molecular weight is 405 g/mol. The molecular weight excluding hydrogens is 388 g/mol. The van der Waals surface area contributed by atoms with Gasteiger partial charge in [-0.05, 0) is 36.4 Å². The summed E-state index contributed by atoms with van der Waals surface area (Å²) in [5.74, 6) is 1.36. The summed E-state index contributed by atoms with van der Waals surface area (Å²) >= 11 is 3.39. The van der Waals surface area contributed by atoms with Crippen molar-refractivity contribution in [2.24, 2.45) is 5.10 Å². The third-order valence-electron chi connectivity index (χ3n) is 3.58. The minimum Gasteiger partial charge on any atom is -0.493 e. The summed E-state index contributed by atoms with van der Waals surface area (Å²) in [5, 5.41) is 5.56. The molecule has 2 aromatic rings. The SMILES string of the molecule is COc1ccccc1OC[C@@H]1OC(c2ccc(Br)cc2)=NN1C(C)=O. The Morgan fingerprint density at radius 2 is 1.88 bits per heavy atom. The Hall–Kier alpha value is -2.54. The lowest BCUT2D eigenvalue weighted by Gasteiger charge is -2.20. The number of hydrogen-bond acceptors (Lipinski definition) is 5. The number of rotatable bonds is 5. The van der Waals surface area contributed by atoms with Crippen LogP contribution in [0.2, 0.25) is 0 Å². The summed E-state index contributed by atoms with van der Waals surface area (Å²) < 4.78 is 17.8. The predicted octanol–water partition coefficient (Wildman–Crippen LogP) is 3.40. The number of ether oxygens (including phenoxy) is 3. The van der Waals surface area contributed by atoms with Crippen molar-refractivity contribution >= 4 is 27.7 Å². The fourth-order valence-corrected chi connectivity index (χ4v) is 2.62. The van der Waals surface area contributed by atoms with Crippen LogP contribution in [0.15, 0.2) is 58.1 Å². The van der Waals surface area contributed by atoms with Gasteiger partial charge in [-0.15, -0.1) is 5.10 Å². The quantitative estimate of drug-likeness (QED) is 0.765. The molecular formula is C18H17BrN2O4. The van der Waals surface area contributed by atoms with Gasteiger partial charge in [0.1, 0.15) is 6.61 Å². The maximum Gasteiger partial charge on any atom is 0.243 e. The second-order valence-electron chi connectivity index (χ2n) is 5.31. The Labute approximate surface area is 154 Å². The lowest BCUT2D eigenvalue weighted by Crippen LogP contribution is -2.36. The molecule has 7 heteroatoms. The summed E-state index contributed by atoms with van der Waals surface area (Å²) in [4.78, 5) is 11.9. The normalized spacial score (nSPS) is 16.2. The van der Waals surface area contributed by atoms with E-state index in [0.717, 1.165) is 10.0 Å². The third kappa shape index (κ3) is 3.93. The fraction of sp³-hybridized carbons (Fsp3) is 0.222. The first-order valence-electron chi connectivity index (χ1n) is 7.65. The second-order valence-corrected chi connectivity index (χ2v) is 6.23. The smallest absolute Gasteiger partial charge is 0.243 e. The first-order valence-corrected chi connectivity index (χ1v) is 8.44. The first kappa shape index (κ1) is 17.3. The molecule has 0 unspecified atom stereocenters. The summed E-state index contributed by atoms with van der Waals surface area (Å²) in [6.07, 6.45) is -0.638. The van der Waals surface area contributed by atoms with E-state index in [9.17, 15) is 4.79 Å². The number of methoxy groups -OCH3 is 1. The van der Waals surface area contributed by atoms with Gasteiger partial charge in [0.05, 0.1) is 7.11 Å².